The van der Waals surface area contributed by atoms with Crippen LogP contribution in [0.15, 0.2) is 29.5 Å². The average molecular weight is 387 g/mol. The number of aliphatic imine (C=N–C) groups is 1. The van der Waals surface area contributed by atoms with Crippen molar-refractivity contribution < 1.29 is 4.74 Å². The van der Waals surface area contributed by atoms with Crippen molar-refractivity contribution in [2.45, 2.75) is 60.2 Å². The van der Waals surface area contributed by atoms with Crippen LogP contribution in [0.4, 0.5) is 0 Å². The molecule has 0 aliphatic rings. The van der Waals surface area contributed by atoms with Gasteiger partial charge in [-0.2, -0.15) is 5.10 Å². The molecule has 2 N–H and O–H groups in total. The standard InChI is InChI=1S/C21H34N6O/c1-7-22-21(24-13-20-25-14-26-27(20)6)23-12-18-9-8-16(4)11-19(18)28-17(5)10-15(2)3/h8-9,11,14-15,17H,7,10,12-13H2,1-6H3,(H2,22,23,24). The van der Waals surface area contributed by atoms with Crippen molar-refractivity contribution in [3.05, 3.63) is 41.5 Å². The maximum absolute atomic E-state index is 6.23. The lowest BCUT2D eigenvalue weighted by atomic mass is 10.1. The molecule has 0 saturated carbocycles. The van der Waals surface area contributed by atoms with Gasteiger partial charge in [0.25, 0.3) is 0 Å². The summed E-state index contributed by atoms with van der Waals surface area (Å²) >= 11 is 0. The van der Waals surface area contributed by atoms with Gasteiger partial charge in [0, 0.05) is 19.2 Å². The lowest BCUT2D eigenvalue weighted by Crippen LogP contribution is -2.37. The van der Waals surface area contributed by atoms with Gasteiger partial charge in [-0.15, -0.1) is 0 Å². The smallest absolute Gasteiger partial charge is 0.191 e. The summed E-state index contributed by atoms with van der Waals surface area (Å²) in [5, 5.41) is 10.7. The van der Waals surface area contributed by atoms with Crippen molar-refractivity contribution in [1.82, 2.24) is 25.4 Å². The van der Waals surface area contributed by atoms with Gasteiger partial charge in [-0.05, 0) is 44.7 Å². The van der Waals surface area contributed by atoms with Gasteiger partial charge in [-0.1, -0.05) is 26.0 Å². The average Bonchev–Trinajstić information content (AvgIpc) is 3.03. The Hall–Kier alpha value is -2.57. The predicted octanol–water partition coefficient (Wildman–Crippen LogP) is 3.19. The van der Waals surface area contributed by atoms with Crippen molar-refractivity contribution in [3.8, 4) is 5.75 Å². The Labute approximate surface area is 168 Å². The van der Waals surface area contributed by atoms with E-state index < -0.39 is 0 Å². The summed E-state index contributed by atoms with van der Waals surface area (Å²) in [6.45, 7) is 12.6. The fraction of sp³-hybridized carbons (Fsp3) is 0.571. The van der Waals surface area contributed by atoms with Gasteiger partial charge in [-0.25, -0.2) is 9.98 Å². The highest BCUT2D eigenvalue weighted by Crippen LogP contribution is 2.24. The van der Waals surface area contributed by atoms with Crippen molar-refractivity contribution in [2.24, 2.45) is 18.0 Å². The first-order valence-corrected chi connectivity index (χ1v) is 10.00. The summed E-state index contributed by atoms with van der Waals surface area (Å²) < 4.78 is 7.98. The van der Waals surface area contributed by atoms with E-state index in [1.165, 1.54) is 5.56 Å². The third-order valence-corrected chi connectivity index (χ3v) is 4.32. The molecular formula is C21H34N6O. The molecule has 2 aromatic rings. The molecule has 1 heterocycles. The lowest BCUT2D eigenvalue weighted by molar-refractivity contribution is 0.191. The molecule has 0 spiro atoms. The van der Waals surface area contributed by atoms with Gasteiger partial charge in [-0.3, -0.25) is 4.68 Å². The maximum atomic E-state index is 6.23. The first-order valence-electron chi connectivity index (χ1n) is 10.00. The van der Waals surface area contributed by atoms with E-state index in [0.29, 0.717) is 19.0 Å². The summed E-state index contributed by atoms with van der Waals surface area (Å²) in [6, 6.07) is 6.30. The zero-order chi connectivity index (χ0) is 20.5. The normalized spacial score (nSPS) is 12.9. The van der Waals surface area contributed by atoms with Crippen molar-refractivity contribution in [1.29, 1.82) is 0 Å². The number of nitrogens with zero attached hydrogens (tertiary/aromatic N) is 4. The van der Waals surface area contributed by atoms with E-state index >= 15 is 0 Å². The summed E-state index contributed by atoms with van der Waals surface area (Å²) in [6.07, 6.45) is 2.75. The molecule has 0 amide bonds. The van der Waals surface area contributed by atoms with E-state index in [2.05, 4.69) is 66.6 Å². The van der Waals surface area contributed by atoms with Gasteiger partial charge >= 0.3 is 0 Å². The predicted molar refractivity (Wildman–Crippen MR) is 113 cm³/mol. The summed E-state index contributed by atoms with van der Waals surface area (Å²) in [5.74, 6) is 3.12. The quantitative estimate of drug-likeness (QED) is 0.511. The van der Waals surface area contributed by atoms with Crippen LogP contribution in [0.2, 0.25) is 0 Å². The van der Waals surface area contributed by atoms with E-state index in [1.807, 2.05) is 14.0 Å². The topological polar surface area (TPSA) is 76.4 Å². The van der Waals surface area contributed by atoms with E-state index in [-0.39, 0.29) is 6.10 Å². The summed E-state index contributed by atoms with van der Waals surface area (Å²) in [7, 11) is 1.88. The van der Waals surface area contributed by atoms with Crippen LogP contribution >= 0.6 is 0 Å². The lowest BCUT2D eigenvalue weighted by Gasteiger charge is -2.19. The molecule has 7 nitrogen and oxygen atoms in total. The number of nitrogens with one attached hydrogen (secondary N) is 2. The van der Waals surface area contributed by atoms with Crippen LogP contribution in [0, 0.1) is 12.8 Å². The number of benzene rings is 1. The van der Waals surface area contributed by atoms with Crippen LogP contribution < -0.4 is 15.4 Å². The molecule has 1 unspecified atom stereocenters. The number of ether oxygens (including phenoxy) is 1. The first kappa shape index (κ1) is 21.7. The van der Waals surface area contributed by atoms with Crippen LogP contribution in [0.5, 0.6) is 5.75 Å². The summed E-state index contributed by atoms with van der Waals surface area (Å²) in [5.41, 5.74) is 2.27. The Morgan fingerprint density at radius 3 is 2.68 bits per heavy atom. The minimum atomic E-state index is 0.173. The molecule has 2 rings (SSSR count). The number of aryl methyl sites for hydroxylation is 2. The minimum Gasteiger partial charge on any atom is -0.490 e. The van der Waals surface area contributed by atoms with Crippen molar-refractivity contribution in [2.75, 3.05) is 6.54 Å². The number of aromatic nitrogens is 3. The molecule has 154 valence electrons. The van der Waals surface area contributed by atoms with Crippen molar-refractivity contribution >= 4 is 5.96 Å². The molecule has 1 aromatic heterocycles. The monoisotopic (exact) mass is 386 g/mol. The fourth-order valence-corrected chi connectivity index (χ4v) is 2.98. The number of guanidine groups is 1. The Morgan fingerprint density at radius 1 is 1.25 bits per heavy atom. The molecule has 0 radical (unpaired) electrons. The molecule has 1 aromatic carbocycles. The third-order valence-electron chi connectivity index (χ3n) is 4.32. The van der Waals surface area contributed by atoms with Crippen LogP contribution in [0.25, 0.3) is 0 Å². The minimum absolute atomic E-state index is 0.173. The van der Waals surface area contributed by atoms with Gasteiger partial charge in [0.15, 0.2) is 5.96 Å². The second kappa shape index (κ2) is 10.7. The SMILES string of the molecule is CCNC(=NCc1ccc(C)cc1OC(C)CC(C)C)NCc1ncnn1C. The van der Waals surface area contributed by atoms with Crippen LogP contribution in [0.1, 0.15) is 51.1 Å². The van der Waals surface area contributed by atoms with E-state index in [9.17, 15) is 0 Å². The van der Waals surface area contributed by atoms with E-state index in [0.717, 1.165) is 36.1 Å². The second-order valence-electron chi connectivity index (χ2n) is 7.52. The number of hydrogen-bond donors (Lipinski definition) is 2. The molecule has 0 fully saturated rings. The Kier molecular flexibility index (Phi) is 8.29. The zero-order valence-electron chi connectivity index (χ0n) is 18.0. The molecule has 0 aliphatic carbocycles. The largest absolute Gasteiger partial charge is 0.490 e. The molecular weight excluding hydrogens is 352 g/mol. The molecule has 7 heteroatoms. The second-order valence-corrected chi connectivity index (χ2v) is 7.52. The highest BCUT2D eigenvalue weighted by atomic mass is 16.5. The van der Waals surface area contributed by atoms with Gasteiger partial charge < -0.3 is 15.4 Å². The van der Waals surface area contributed by atoms with Gasteiger partial charge in [0.1, 0.15) is 17.9 Å². The molecule has 28 heavy (non-hydrogen) atoms. The Balaban J connectivity index is 2.08. The van der Waals surface area contributed by atoms with E-state index in [1.54, 1.807) is 11.0 Å². The Bertz CT molecular complexity index is 768. The van der Waals surface area contributed by atoms with Crippen LogP contribution in [-0.4, -0.2) is 33.4 Å². The van der Waals surface area contributed by atoms with Gasteiger partial charge in [0.05, 0.1) is 19.2 Å². The number of hydrogen-bond acceptors (Lipinski definition) is 4. The number of rotatable bonds is 9. The van der Waals surface area contributed by atoms with Crippen LogP contribution in [0.3, 0.4) is 0 Å². The fourth-order valence-electron chi connectivity index (χ4n) is 2.98. The highest BCUT2D eigenvalue weighted by molar-refractivity contribution is 5.79. The Morgan fingerprint density at radius 2 is 2.04 bits per heavy atom. The van der Waals surface area contributed by atoms with E-state index in [4.69, 9.17) is 9.73 Å². The van der Waals surface area contributed by atoms with Gasteiger partial charge in [0.2, 0.25) is 0 Å². The third kappa shape index (κ3) is 6.87. The molecule has 0 bridgehead atoms. The molecule has 1 atom stereocenters. The van der Waals surface area contributed by atoms with Crippen molar-refractivity contribution in [3.63, 3.8) is 0 Å². The molecule has 0 aliphatic heterocycles. The zero-order valence-corrected chi connectivity index (χ0v) is 18.0. The summed E-state index contributed by atoms with van der Waals surface area (Å²) in [4.78, 5) is 8.96. The highest BCUT2D eigenvalue weighted by Gasteiger charge is 2.11. The first-order chi connectivity index (χ1) is 13.4. The maximum Gasteiger partial charge on any atom is 0.191 e. The molecule has 0 saturated heterocycles. The van der Waals surface area contributed by atoms with Crippen LogP contribution in [-0.2, 0) is 20.1 Å².